The molecule has 1 heterocycles. The van der Waals surface area contributed by atoms with Crippen molar-refractivity contribution in [1.82, 2.24) is 5.32 Å². The quantitative estimate of drug-likeness (QED) is 0.888. The summed E-state index contributed by atoms with van der Waals surface area (Å²) in [4.78, 5) is 23.5. The Balaban J connectivity index is 1.31. The summed E-state index contributed by atoms with van der Waals surface area (Å²) < 4.78 is 0. The normalized spacial score (nSPS) is 38.6. The molecular weight excluding hydrogens is 312 g/mol. The fourth-order valence-electron chi connectivity index (χ4n) is 6.41. The van der Waals surface area contributed by atoms with Crippen molar-refractivity contribution >= 4 is 17.5 Å². The maximum absolute atomic E-state index is 12.2. The lowest BCUT2D eigenvalue weighted by atomic mass is 9.48. The van der Waals surface area contributed by atoms with Crippen LogP contribution in [0.15, 0.2) is 24.3 Å². The van der Waals surface area contributed by atoms with Crippen molar-refractivity contribution in [3.63, 3.8) is 0 Å². The van der Waals surface area contributed by atoms with Gasteiger partial charge < -0.3 is 10.6 Å². The van der Waals surface area contributed by atoms with Crippen molar-refractivity contribution < 1.29 is 9.59 Å². The molecule has 4 aliphatic carbocycles. The number of benzene rings is 1. The highest BCUT2D eigenvalue weighted by molar-refractivity contribution is 5.98. The molecule has 2 amide bonds. The van der Waals surface area contributed by atoms with E-state index in [0.29, 0.717) is 18.3 Å². The topological polar surface area (TPSA) is 58.2 Å². The molecule has 1 aromatic carbocycles. The second-order valence-corrected chi connectivity index (χ2v) is 8.92. The maximum Gasteiger partial charge on any atom is 0.246 e. The predicted octanol–water partition coefficient (Wildman–Crippen LogP) is 3.37. The number of carbonyl (C=O) groups is 2. The van der Waals surface area contributed by atoms with Gasteiger partial charge in [0.05, 0.1) is 0 Å². The van der Waals surface area contributed by atoms with Crippen LogP contribution in [0.4, 0.5) is 5.69 Å². The van der Waals surface area contributed by atoms with Crippen LogP contribution in [-0.4, -0.2) is 17.9 Å². The van der Waals surface area contributed by atoms with Crippen molar-refractivity contribution in [3.8, 4) is 0 Å². The lowest BCUT2D eigenvalue weighted by Gasteiger charge is -2.57. The van der Waals surface area contributed by atoms with Crippen LogP contribution in [0.25, 0.3) is 0 Å². The van der Waals surface area contributed by atoms with Crippen LogP contribution in [0.2, 0.25) is 0 Å². The lowest BCUT2D eigenvalue weighted by molar-refractivity contribution is -0.122. The first kappa shape index (κ1) is 15.4. The maximum atomic E-state index is 12.2. The van der Waals surface area contributed by atoms with Gasteiger partial charge in [0.15, 0.2) is 0 Å². The first-order valence-electron chi connectivity index (χ1n) is 9.80. The first-order chi connectivity index (χ1) is 12.1. The molecule has 4 heteroatoms. The summed E-state index contributed by atoms with van der Waals surface area (Å²) >= 11 is 0. The molecule has 0 spiro atoms. The Morgan fingerprint density at radius 1 is 1.00 bits per heavy atom. The third kappa shape index (κ3) is 2.66. The van der Waals surface area contributed by atoms with Gasteiger partial charge in [0, 0.05) is 12.1 Å². The van der Waals surface area contributed by atoms with Crippen molar-refractivity contribution in [3.05, 3.63) is 29.8 Å². The summed E-state index contributed by atoms with van der Waals surface area (Å²) in [5.41, 5.74) is 2.70. The molecule has 1 saturated heterocycles. The SMILES string of the molecule is O=C1CC[C@H](C(=O)Nc2ccc(C34CC5CC(CC(C5)C3)C4)cc2)N1. The fourth-order valence-corrected chi connectivity index (χ4v) is 6.41. The van der Waals surface area contributed by atoms with Crippen molar-refractivity contribution in [1.29, 1.82) is 0 Å². The summed E-state index contributed by atoms with van der Waals surface area (Å²) in [7, 11) is 0. The minimum Gasteiger partial charge on any atom is -0.344 e. The van der Waals surface area contributed by atoms with E-state index in [2.05, 4.69) is 22.8 Å². The first-order valence-corrected chi connectivity index (χ1v) is 9.80. The lowest BCUT2D eigenvalue weighted by Crippen LogP contribution is -2.48. The Kier molecular flexibility index (Phi) is 3.44. The molecule has 4 saturated carbocycles. The molecule has 0 radical (unpaired) electrons. The van der Waals surface area contributed by atoms with Crippen molar-refractivity contribution in [2.45, 2.75) is 62.8 Å². The van der Waals surface area contributed by atoms with Gasteiger partial charge in [-0.3, -0.25) is 9.59 Å². The van der Waals surface area contributed by atoms with E-state index in [9.17, 15) is 9.59 Å². The second-order valence-electron chi connectivity index (χ2n) is 8.92. The molecule has 4 bridgehead atoms. The third-order valence-corrected chi connectivity index (χ3v) is 7.11. The van der Waals surface area contributed by atoms with Gasteiger partial charge >= 0.3 is 0 Å². The zero-order valence-electron chi connectivity index (χ0n) is 14.6. The molecule has 5 fully saturated rings. The number of amides is 2. The third-order valence-electron chi connectivity index (χ3n) is 7.11. The monoisotopic (exact) mass is 338 g/mol. The van der Waals surface area contributed by atoms with Crippen LogP contribution in [0.5, 0.6) is 0 Å². The van der Waals surface area contributed by atoms with E-state index in [1.54, 1.807) is 0 Å². The highest BCUT2D eigenvalue weighted by atomic mass is 16.2. The van der Waals surface area contributed by atoms with Gasteiger partial charge in [0.2, 0.25) is 11.8 Å². The fraction of sp³-hybridized carbons (Fsp3) is 0.619. The predicted molar refractivity (Wildman–Crippen MR) is 96.1 cm³/mol. The van der Waals surface area contributed by atoms with Crippen LogP contribution >= 0.6 is 0 Å². The minimum absolute atomic E-state index is 0.0303. The van der Waals surface area contributed by atoms with Crippen molar-refractivity contribution in [2.24, 2.45) is 17.8 Å². The highest BCUT2D eigenvalue weighted by Gasteiger charge is 2.51. The van der Waals surface area contributed by atoms with Gasteiger partial charge in [-0.2, -0.15) is 0 Å². The molecule has 1 atom stereocenters. The molecule has 0 aromatic heterocycles. The van der Waals surface area contributed by atoms with E-state index in [0.717, 1.165) is 23.4 Å². The highest BCUT2D eigenvalue weighted by Crippen LogP contribution is 2.60. The molecule has 1 aromatic rings. The molecule has 25 heavy (non-hydrogen) atoms. The summed E-state index contributed by atoms with van der Waals surface area (Å²) in [6.45, 7) is 0. The Labute approximate surface area is 148 Å². The molecule has 5 aliphatic rings. The Bertz CT molecular complexity index is 674. The van der Waals surface area contributed by atoms with E-state index >= 15 is 0 Å². The van der Waals surface area contributed by atoms with Crippen LogP contribution < -0.4 is 10.6 Å². The summed E-state index contributed by atoms with van der Waals surface area (Å²) in [6, 6.07) is 8.17. The van der Waals surface area contributed by atoms with E-state index in [-0.39, 0.29) is 17.9 Å². The number of nitrogens with one attached hydrogen (secondary N) is 2. The van der Waals surface area contributed by atoms with Crippen LogP contribution in [0.1, 0.15) is 56.9 Å². The number of hydrogen-bond acceptors (Lipinski definition) is 2. The molecule has 6 rings (SSSR count). The van der Waals surface area contributed by atoms with E-state index in [1.165, 1.54) is 44.1 Å². The summed E-state index contributed by atoms with van der Waals surface area (Å²) in [5.74, 6) is 2.69. The Hall–Kier alpha value is -1.84. The average molecular weight is 338 g/mol. The number of anilines is 1. The minimum atomic E-state index is -0.379. The summed E-state index contributed by atoms with van der Waals surface area (Å²) in [6.07, 6.45) is 9.50. The molecule has 2 N–H and O–H groups in total. The molecule has 0 unspecified atom stereocenters. The smallest absolute Gasteiger partial charge is 0.246 e. The van der Waals surface area contributed by atoms with Crippen molar-refractivity contribution in [2.75, 3.05) is 5.32 Å². The number of carbonyl (C=O) groups excluding carboxylic acids is 2. The summed E-state index contributed by atoms with van der Waals surface area (Å²) in [5, 5.41) is 5.68. The standard InChI is InChI=1S/C21H26N2O2/c24-19-6-5-18(23-19)20(25)22-17-3-1-16(2-4-17)21-10-13-7-14(11-21)9-15(8-13)12-21/h1-4,13-15,18H,5-12H2,(H,22,25)(H,23,24)/t13?,14?,15?,18-,21?/m1/s1. The number of rotatable bonds is 3. The van der Waals surface area contributed by atoms with E-state index in [1.807, 2.05) is 12.1 Å². The number of hydrogen-bond donors (Lipinski definition) is 2. The van der Waals surface area contributed by atoms with Gasteiger partial charge in [-0.1, -0.05) is 12.1 Å². The van der Waals surface area contributed by atoms with Crippen LogP contribution in [-0.2, 0) is 15.0 Å². The van der Waals surface area contributed by atoms with E-state index < -0.39 is 0 Å². The molecule has 1 aliphatic heterocycles. The molecular formula is C21H26N2O2. The molecule has 4 nitrogen and oxygen atoms in total. The van der Waals surface area contributed by atoms with Crippen LogP contribution in [0.3, 0.4) is 0 Å². The van der Waals surface area contributed by atoms with Gasteiger partial charge in [-0.25, -0.2) is 0 Å². The van der Waals surface area contributed by atoms with E-state index in [4.69, 9.17) is 0 Å². The Morgan fingerprint density at radius 3 is 2.12 bits per heavy atom. The Morgan fingerprint density at radius 2 is 1.60 bits per heavy atom. The average Bonchev–Trinajstić information content (AvgIpc) is 3.01. The van der Waals surface area contributed by atoms with Gasteiger partial charge in [-0.05, 0) is 85.8 Å². The van der Waals surface area contributed by atoms with Gasteiger partial charge in [0.25, 0.3) is 0 Å². The zero-order chi connectivity index (χ0) is 17.0. The largest absolute Gasteiger partial charge is 0.344 e. The van der Waals surface area contributed by atoms with Gasteiger partial charge in [-0.15, -0.1) is 0 Å². The van der Waals surface area contributed by atoms with Gasteiger partial charge in [0.1, 0.15) is 6.04 Å². The second kappa shape index (κ2) is 5.58. The van der Waals surface area contributed by atoms with Crippen LogP contribution in [0, 0.1) is 17.8 Å². The molecule has 132 valence electrons. The zero-order valence-corrected chi connectivity index (χ0v) is 14.6.